The van der Waals surface area contributed by atoms with Crippen LogP contribution in [0.2, 0.25) is 5.04 Å². The molecule has 0 amide bonds. The van der Waals surface area contributed by atoms with Gasteiger partial charge in [0.15, 0.2) is 0 Å². The molecule has 0 heterocycles. The minimum absolute atomic E-state index is 0.194. The quantitative estimate of drug-likeness (QED) is 0.407. The van der Waals surface area contributed by atoms with Crippen molar-refractivity contribution in [1.82, 2.24) is 0 Å². The van der Waals surface area contributed by atoms with Gasteiger partial charge in [0.1, 0.15) is 6.17 Å². The number of benzene rings is 2. The first-order valence-electron chi connectivity index (χ1n) is 9.43. The largest absolute Gasteiger partial charge is 0.474 e. The van der Waals surface area contributed by atoms with Crippen LogP contribution in [0.3, 0.4) is 0 Å². The van der Waals surface area contributed by atoms with Crippen molar-refractivity contribution in [1.29, 1.82) is 0 Å². The van der Waals surface area contributed by atoms with Crippen LogP contribution in [0, 0.1) is 0 Å². The Labute approximate surface area is 173 Å². The molecular weight excluding hydrogens is 410 g/mol. The van der Waals surface area contributed by atoms with Crippen LogP contribution in [0.25, 0.3) is 0 Å². The van der Waals surface area contributed by atoms with Gasteiger partial charge < -0.3 is 4.43 Å². The lowest BCUT2D eigenvalue weighted by molar-refractivity contribution is 0.0909. The zero-order chi connectivity index (χ0) is 21.5. The second kappa shape index (κ2) is 10.1. The van der Waals surface area contributed by atoms with Gasteiger partial charge in [0.05, 0.1) is 13.2 Å². The van der Waals surface area contributed by atoms with E-state index in [9.17, 15) is 8.96 Å². The zero-order valence-electron chi connectivity index (χ0n) is 17.6. The molecule has 0 bridgehead atoms. The molecule has 0 spiro atoms. The van der Waals surface area contributed by atoms with Crippen molar-refractivity contribution in [3.63, 3.8) is 0 Å². The van der Waals surface area contributed by atoms with Crippen LogP contribution in [0.5, 0.6) is 0 Å². The Morgan fingerprint density at radius 1 is 0.897 bits per heavy atom. The first kappa shape index (κ1) is 23.9. The van der Waals surface area contributed by atoms with Crippen molar-refractivity contribution >= 4 is 26.5 Å². The summed E-state index contributed by atoms with van der Waals surface area (Å²) in [4.78, 5) is 0. The Kier molecular flexibility index (Phi) is 8.34. The van der Waals surface area contributed by atoms with Crippen LogP contribution in [0.15, 0.2) is 60.7 Å². The van der Waals surface area contributed by atoms with E-state index in [0.717, 1.165) is 10.4 Å². The summed E-state index contributed by atoms with van der Waals surface area (Å²) in [5, 5.41) is 1.86. The van der Waals surface area contributed by atoms with Gasteiger partial charge in [-0.15, -0.1) is 0 Å². The second-order valence-corrected chi connectivity index (χ2v) is 13.9. The molecule has 0 aromatic heterocycles. The third kappa shape index (κ3) is 5.63. The smallest absolute Gasteiger partial charge is 0.404 e. The van der Waals surface area contributed by atoms with Crippen molar-refractivity contribution < 1.29 is 27.0 Å². The molecule has 0 saturated heterocycles. The molecule has 0 aliphatic heterocycles. The fourth-order valence-corrected chi connectivity index (χ4v) is 8.67. The van der Waals surface area contributed by atoms with Crippen molar-refractivity contribution in [2.45, 2.75) is 32.0 Å². The highest BCUT2D eigenvalue weighted by molar-refractivity contribution is 7.48. The lowest BCUT2D eigenvalue weighted by Gasteiger charge is -2.43. The van der Waals surface area contributed by atoms with E-state index in [1.54, 1.807) is 0 Å². The minimum Gasteiger partial charge on any atom is -0.404 e. The molecule has 160 valence electrons. The maximum atomic E-state index is 14.7. The Balaban J connectivity index is 2.33. The fourth-order valence-electron chi connectivity index (χ4n) is 3.38. The van der Waals surface area contributed by atoms with Crippen LogP contribution < -0.4 is 10.4 Å². The van der Waals surface area contributed by atoms with Crippen molar-refractivity contribution in [3.05, 3.63) is 60.7 Å². The SMILES string of the molecule is COP(=O)(OC)OC[C@@H](F)CO[Si](c1ccccc1)(c1ccccc1)C(C)(C)C. The molecule has 2 aromatic carbocycles. The van der Waals surface area contributed by atoms with E-state index in [1.165, 1.54) is 14.2 Å². The molecule has 0 fully saturated rings. The average Bonchev–Trinajstić information content (AvgIpc) is 2.73. The van der Waals surface area contributed by atoms with Gasteiger partial charge in [0.2, 0.25) is 0 Å². The normalized spacial score (nSPS) is 14.0. The molecule has 1 atom stereocenters. The van der Waals surface area contributed by atoms with Crippen LogP contribution >= 0.6 is 7.82 Å². The lowest BCUT2D eigenvalue weighted by Crippen LogP contribution is -2.67. The number of hydrogen-bond donors (Lipinski definition) is 0. The van der Waals surface area contributed by atoms with E-state index in [2.05, 4.69) is 29.8 Å². The van der Waals surface area contributed by atoms with Crippen molar-refractivity contribution in [3.8, 4) is 0 Å². The van der Waals surface area contributed by atoms with Crippen LogP contribution in [-0.2, 0) is 22.6 Å². The van der Waals surface area contributed by atoms with E-state index in [-0.39, 0.29) is 11.6 Å². The Hall–Kier alpha value is -1.34. The Morgan fingerprint density at radius 3 is 1.72 bits per heavy atom. The third-order valence-corrected chi connectivity index (χ3v) is 11.1. The minimum atomic E-state index is -3.73. The third-order valence-electron chi connectivity index (χ3n) is 4.76. The highest BCUT2D eigenvalue weighted by atomic mass is 31.2. The second-order valence-electron chi connectivity index (χ2n) is 7.68. The maximum absolute atomic E-state index is 14.7. The summed E-state index contributed by atoms with van der Waals surface area (Å²) in [5.41, 5.74) is 0. The molecule has 2 rings (SSSR count). The molecule has 0 unspecified atom stereocenters. The predicted octanol–water partition coefficient (Wildman–Crippen LogP) is 4.32. The summed E-state index contributed by atoms with van der Waals surface area (Å²) >= 11 is 0. The number of phosphoric ester groups is 1. The first-order chi connectivity index (χ1) is 13.7. The van der Waals surface area contributed by atoms with Crippen molar-refractivity contribution in [2.24, 2.45) is 0 Å². The van der Waals surface area contributed by atoms with Gasteiger partial charge in [0.25, 0.3) is 8.32 Å². The molecule has 0 saturated carbocycles. The molecular formula is C21H30FO5PSi. The molecule has 0 radical (unpaired) electrons. The molecule has 0 aliphatic rings. The molecule has 29 heavy (non-hydrogen) atoms. The summed E-state index contributed by atoms with van der Waals surface area (Å²) in [7, 11) is -4.18. The van der Waals surface area contributed by atoms with Crippen LogP contribution in [-0.4, -0.2) is 41.9 Å². The molecule has 2 aromatic rings. The standard InChI is InChI=1S/C21H30FO5PSi/c1-21(2,3)29(19-12-8-6-9-13-19,20-14-10-7-11-15-20)27-17-18(22)16-26-28(23,24-4)25-5/h6-15,18H,16-17H2,1-5H3/t18-/m1/s1. The maximum Gasteiger partial charge on any atom is 0.474 e. The zero-order valence-corrected chi connectivity index (χ0v) is 19.5. The Bertz CT molecular complexity index is 750. The topological polar surface area (TPSA) is 54.0 Å². The van der Waals surface area contributed by atoms with Gasteiger partial charge in [0, 0.05) is 14.2 Å². The molecule has 0 N–H and O–H groups in total. The van der Waals surface area contributed by atoms with Gasteiger partial charge >= 0.3 is 7.82 Å². The number of alkyl halides is 1. The number of rotatable bonds is 10. The lowest BCUT2D eigenvalue weighted by atomic mass is 10.2. The summed E-state index contributed by atoms with van der Waals surface area (Å²) in [5.74, 6) is 0. The number of halogens is 1. The van der Waals surface area contributed by atoms with E-state index >= 15 is 0 Å². The Morgan fingerprint density at radius 2 is 1.34 bits per heavy atom. The van der Waals surface area contributed by atoms with Crippen molar-refractivity contribution in [2.75, 3.05) is 27.4 Å². The van der Waals surface area contributed by atoms with Gasteiger partial charge in [-0.3, -0.25) is 13.6 Å². The number of hydrogen-bond acceptors (Lipinski definition) is 5. The number of phosphoric acid groups is 1. The van der Waals surface area contributed by atoms with Crippen LogP contribution in [0.1, 0.15) is 20.8 Å². The van der Waals surface area contributed by atoms with Crippen LogP contribution in [0.4, 0.5) is 4.39 Å². The van der Waals surface area contributed by atoms with Gasteiger partial charge in [-0.1, -0.05) is 81.4 Å². The molecule has 8 heteroatoms. The van der Waals surface area contributed by atoms with Gasteiger partial charge in [-0.25, -0.2) is 8.96 Å². The van der Waals surface area contributed by atoms with Gasteiger partial charge in [-0.05, 0) is 15.4 Å². The summed E-state index contributed by atoms with van der Waals surface area (Å²) in [6.45, 7) is 5.71. The van der Waals surface area contributed by atoms with E-state index in [1.807, 2.05) is 60.7 Å². The fraction of sp³-hybridized carbons (Fsp3) is 0.429. The van der Waals surface area contributed by atoms with E-state index in [4.69, 9.17) is 8.95 Å². The molecule has 5 nitrogen and oxygen atoms in total. The molecule has 0 aliphatic carbocycles. The predicted molar refractivity (Wildman–Crippen MR) is 116 cm³/mol. The monoisotopic (exact) mass is 440 g/mol. The highest BCUT2D eigenvalue weighted by Crippen LogP contribution is 2.47. The van der Waals surface area contributed by atoms with E-state index in [0.29, 0.717) is 0 Å². The summed E-state index contributed by atoms with van der Waals surface area (Å²) in [6, 6.07) is 20.0. The highest BCUT2D eigenvalue weighted by Gasteiger charge is 2.50. The summed E-state index contributed by atoms with van der Waals surface area (Å²) in [6.07, 6.45) is -1.49. The summed E-state index contributed by atoms with van der Waals surface area (Å²) < 4.78 is 47.6. The average molecular weight is 441 g/mol. The van der Waals surface area contributed by atoms with E-state index < -0.39 is 28.9 Å². The first-order valence-corrected chi connectivity index (χ1v) is 12.8. The van der Waals surface area contributed by atoms with Gasteiger partial charge in [-0.2, -0.15) is 0 Å².